The molecule has 3 nitrogen and oxygen atoms in total. The average Bonchev–Trinajstić information content (AvgIpc) is 2.25. The summed E-state index contributed by atoms with van der Waals surface area (Å²) in [5.74, 6) is -0.852. The van der Waals surface area contributed by atoms with E-state index in [1.807, 2.05) is 12.1 Å². The van der Waals surface area contributed by atoms with Crippen molar-refractivity contribution in [2.45, 2.75) is 27.3 Å². The molecule has 98 valence electrons. The van der Waals surface area contributed by atoms with Crippen LogP contribution in [0.1, 0.15) is 26.3 Å². The summed E-state index contributed by atoms with van der Waals surface area (Å²) in [4.78, 5) is 25.2. The number of halogens is 1. The maximum absolute atomic E-state index is 11.9. The summed E-state index contributed by atoms with van der Waals surface area (Å²) >= 11 is 5.87. The summed E-state index contributed by atoms with van der Waals surface area (Å²) in [6.45, 7) is 5.59. The molecule has 0 aliphatic heterocycles. The first-order valence-electron chi connectivity index (χ1n) is 5.76. The first kappa shape index (κ1) is 14.7. The van der Waals surface area contributed by atoms with Gasteiger partial charge in [0, 0.05) is 24.0 Å². The van der Waals surface area contributed by atoms with Crippen molar-refractivity contribution in [3.8, 4) is 0 Å². The number of hydrogen-bond acceptors (Lipinski definition) is 2. The highest BCUT2D eigenvalue weighted by Gasteiger charge is 2.30. The Bertz CT molecular complexity index is 463. The number of hydrogen-bond donors (Lipinski definition) is 0. The van der Waals surface area contributed by atoms with Gasteiger partial charge in [-0.15, -0.1) is 0 Å². The van der Waals surface area contributed by atoms with Crippen LogP contribution in [-0.2, 0) is 16.1 Å². The van der Waals surface area contributed by atoms with Gasteiger partial charge < -0.3 is 4.90 Å². The first-order chi connectivity index (χ1) is 8.21. The molecule has 0 saturated heterocycles. The Hall–Kier alpha value is -1.35. The molecule has 18 heavy (non-hydrogen) atoms. The maximum Gasteiger partial charge on any atom is 0.290 e. The van der Waals surface area contributed by atoms with Crippen LogP contribution in [-0.4, -0.2) is 23.6 Å². The number of benzene rings is 1. The highest BCUT2D eigenvalue weighted by molar-refractivity contribution is 6.37. The van der Waals surface area contributed by atoms with E-state index in [4.69, 9.17) is 11.6 Å². The number of ketones is 1. The predicted molar refractivity (Wildman–Crippen MR) is 72.4 cm³/mol. The summed E-state index contributed by atoms with van der Waals surface area (Å²) in [5.41, 5.74) is 0.250. The quantitative estimate of drug-likeness (QED) is 0.790. The van der Waals surface area contributed by atoms with Gasteiger partial charge in [-0.1, -0.05) is 44.5 Å². The topological polar surface area (TPSA) is 37.4 Å². The molecule has 0 aromatic heterocycles. The predicted octanol–water partition coefficient (Wildman–Crippen LogP) is 2.91. The molecule has 0 unspecified atom stereocenters. The van der Waals surface area contributed by atoms with E-state index in [9.17, 15) is 9.59 Å². The van der Waals surface area contributed by atoms with Gasteiger partial charge in [-0.2, -0.15) is 0 Å². The molecule has 0 N–H and O–H groups in total. The van der Waals surface area contributed by atoms with Crippen LogP contribution in [0.25, 0.3) is 0 Å². The third kappa shape index (κ3) is 3.84. The number of Topliss-reactive ketones (excluding diaryl/α,β-unsaturated/α-hetero) is 1. The summed E-state index contributed by atoms with van der Waals surface area (Å²) in [6.07, 6.45) is 0. The zero-order valence-electron chi connectivity index (χ0n) is 11.2. The Morgan fingerprint density at radius 1 is 1.28 bits per heavy atom. The number of nitrogens with zero attached hydrogens (tertiary/aromatic N) is 1. The first-order valence-corrected chi connectivity index (χ1v) is 6.14. The van der Waals surface area contributed by atoms with Crippen molar-refractivity contribution in [2.24, 2.45) is 5.41 Å². The summed E-state index contributed by atoms with van der Waals surface area (Å²) in [5, 5.41) is 0.621. The minimum absolute atomic E-state index is 0.376. The molecule has 4 heteroatoms. The molecule has 0 radical (unpaired) electrons. The number of rotatable bonds is 3. The molecule has 0 aliphatic rings. The van der Waals surface area contributed by atoms with Gasteiger partial charge in [0.1, 0.15) is 0 Å². The lowest BCUT2D eigenvalue weighted by atomic mass is 9.90. The Morgan fingerprint density at radius 3 is 2.39 bits per heavy atom. The number of carbonyl (C=O) groups excluding carboxylic acids is 2. The van der Waals surface area contributed by atoms with Crippen LogP contribution in [0.5, 0.6) is 0 Å². The molecule has 0 fully saturated rings. The molecule has 0 heterocycles. The van der Waals surface area contributed by atoms with Crippen molar-refractivity contribution in [2.75, 3.05) is 7.05 Å². The Balaban J connectivity index is 2.75. The van der Waals surface area contributed by atoms with Crippen LogP contribution in [0.4, 0.5) is 0 Å². The van der Waals surface area contributed by atoms with Gasteiger partial charge >= 0.3 is 0 Å². The van der Waals surface area contributed by atoms with E-state index in [0.717, 1.165) is 5.56 Å². The van der Waals surface area contributed by atoms with E-state index >= 15 is 0 Å². The van der Waals surface area contributed by atoms with Gasteiger partial charge in [0.05, 0.1) is 0 Å². The minimum Gasteiger partial charge on any atom is -0.335 e. The van der Waals surface area contributed by atoms with Crippen LogP contribution in [0, 0.1) is 5.41 Å². The standard InChI is InChI=1S/C14H18ClNO2/c1-14(2,3)12(17)13(18)16(4)9-10-6-5-7-11(15)8-10/h5-8H,9H2,1-4H3. The van der Waals surface area contributed by atoms with Crippen molar-refractivity contribution < 1.29 is 9.59 Å². The molecule has 0 saturated carbocycles. The SMILES string of the molecule is CN(Cc1cccc(Cl)c1)C(=O)C(=O)C(C)(C)C. The molecular formula is C14H18ClNO2. The van der Waals surface area contributed by atoms with Crippen LogP contribution in [0.3, 0.4) is 0 Å². The van der Waals surface area contributed by atoms with Crippen molar-refractivity contribution in [3.63, 3.8) is 0 Å². The van der Waals surface area contributed by atoms with Gasteiger partial charge in [0.2, 0.25) is 5.78 Å². The second kappa shape index (κ2) is 5.53. The Labute approximate surface area is 113 Å². The van der Waals surface area contributed by atoms with Crippen LogP contribution < -0.4 is 0 Å². The Kier molecular flexibility index (Phi) is 4.52. The zero-order chi connectivity index (χ0) is 13.9. The van der Waals surface area contributed by atoms with Crippen LogP contribution >= 0.6 is 11.6 Å². The lowest BCUT2D eigenvalue weighted by Crippen LogP contribution is -2.39. The van der Waals surface area contributed by atoms with Gasteiger partial charge in [-0.3, -0.25) is 9.59 Å². The molecule has 1 aromatic carbocycles. The van der Waals surface area contributed by atoms with E-state index in [1.54, 1.807) is 40.0 Å². The molecule has 1 rings (SSSR count). The van der Waals surface area contributed by atoms with E-state index in [-0.39, 0.29) is 5.78 Å². The lowest BCUT2D eigenvalue weighted by Gasteiger charge is -2.22. The van der Waals surface area contributed by atoms with E-state index in [2.05, 4.69) is 0 Å². The highest BCUT2D eigenvalue weighted by atomic mass is 35.5. The average molecular weight is 268 g/mol. The van der Waals surface area contributed by atoms with Gasteiger partial charge in [-0.05, 0) is 17.7 Å². The summed E-state index contributed by atoms with van der Waals surface area (Å²) < 4.78 is 0. The smallest absolute Gasteiger partial charge is 0.290 e. The second-order valence-electron chi connectivity index (χ2n) is 5.37. The maximum atomic E-state index is 11.9. The number of carbonyl (C=O) groups is 2. The van der Waals surface area contributed by atoms with Crippen molar-refractivity contribution >= 4 is 23.3 Å². The molecular weight excluding hydrogens is 250 g/mol. The third-order valence-electron chi connectivity index (χ3n) is 2.53. The summed E-state index contributed by atoms with van der Waals surface area (Å²) in [7, 11) is 1.62. The molecule has 1 aromatic rings. The van der Waals surface area contributed by atoms with E-state index in [1.165, 1.54) is 4.90 Å². The lowest BCUT2D eigenvalue weighted by molar-refractivity contribution is -0.148. The molecule has 0 aliphatic carbocycles. The third-order valence-corrected chi connectivity index (χ3v) is 2.77. The summed E-state index contributed by atoms with van der Waals surface area (Å²) in [6, 6.07) is 7.25. The molecule has 0 atom stereocenters. The fourth-order valence-corrected chi connectivity index (χ4v) is 1.69. The molecule has 0 bridgehead atoms. The molecule has 0 spiro atoms. The Morgan fingerprint density at radius 2 is 1.89 bits per heavy atom. The van der Waals surface area contributed by atoms with Crippen LogP contribution in [0.2, 0.25) is 5.02 Å². The van der Waals surface area contributed by atoms with Crippen molar-refractivity contribution in [3.05, 3.63) is 34.9 Å². The highest BCUT2D eigenvalue weighted by Crippen LogP contribution is 2.17. The zero-order valence-corrected chi connectivity index (χ0v) is 11.9. The molecule has 1 amide bonds. The fraction of sp³-hybridized carbons (Fsp3) is 0.429. The number of amides is 1. The minimum atomic E-state index is -0.653. The van der Waals surface area contributed by atoms with Gasteiger partial charge in [0.15, 0.2) is 0 Å². The number of likely N-dealkylation sites (N-methyl/N-ethyl adjacent to an activating group) is 1. The van der Waals surface area contributed by atoms with Crippen LogP contribution in [0.15, 0.2) is 24.3 Å². The normalized spacial score (nSPS) is 11.2. The van der Waals surface area contributed by atoms with Crippen molar-refractivity contribution in [1.29, 1.82) is 0 Å². The van der Waals surface area contributed by atoms with Gasteiger partial charge in [0.25, 0.3) is 5.91 Å². The van der Waals surface area contributed by atoms with Crippen molar-refractivity contribution in [1.82, 2.24) is 4.90 Å². The second-order valence-corrected chi connectivity index (χ2v) is 5.81. The monoisotopic (exact) mass is 267 g/mol. The van der Waals surface area contributed by atoms with E-state index in [0.29, 0.717) is 11.6 Å². The van der Waals surface area contributed by atoms with Gasteiger partial charge in [-0.25, -0.2) is 0 Å². The van der Waals surface area contributed by atoms with E-state index < -0.39 is 11.3 Å². The largest absolute Gasteiger partial charge is 0.335 e. The fourth-order valence-electron chi connectivity index (χ4n) is 1.48.